The number of rotatable bonds is 4. The molecule has 6 nitrogen and oxygen atoms in total. The van der Waals surface area contributed by atoms with E-state index in [2.05, 4.69) is 9.88 Å². The molecule has 1 N–H and O–H groups in total. The second-order valence-corrected chi connectivity index (χ2v) is 7.22. The summed E-state index contributed by atoms with van der Waals surface area (Å²) in [5.41, 5.74) is 1.80. The molecule has 4 rings (SSSR count). The summed E-state index contributed by atoms with van der Waals surface area (Å²) in [7, 11) is 1.74. The van der Waals surface area contributed by atoms with Crippen LogP contribution in [0.4, 0.5) is 0 Å². The van der Waals surface area contributed by atoms with E-state index >= 15 is 0 Å². The summed E-state index contributed by atoms with van der Waals surface area (Å²) >= 11 is 0. The van der Waals surface area contributed by atoms with Gasteiger partial charge in [-0.15, -0.1) is 0 Å². The maximum absolute atomic E-state index is 13.2. The molecule has 2 aliphatic rings. The first-order valence-corrected chi connectivity index (χ1v) is 9.44. The lowest BCUT2D eigenvalue weighted by atomic mass is 9.90. The number of carbonyl (C=O) groups is 1. The third-order valence-electron chi connectivity index (χ3n) is 5.74. The normalized spacial score (nSPS) is 24.4. The van der Waals surface area contributed by atoms with E-state index in [1.807, 2.05) is 35.4 Å². The highest BCUT2D eigenvalue weighted by atomic mass is 16.5. The van der Waals surface area contributed by atoms with Crippen molar-refractivity contribution < 1.29 is 14.3 Å². The van der Waals surface area contributed by atoms with Crippen LogP contribution in [0, 0.1) is 5.92 Å². The van der Waals surface area contributed by atoms with Gasteiger partial charge in [0.2, 0.25) is 0 Å². The molecule has 26 heavy (non-hydrogen) atoms. The van der Waals surface area contributed by atoms with Gasteiger partial charge in [-0.05, 0) is 24.6 Å². The Kier molecular flexibility index (Phi) is 5.24. The Morgan fingerprint density at radius 2 is 2.27 bits per heavy atom. The number of fused-ring (bicyclic) bond motifs is 2. The number of aromatic nitrogens is 1. The predicted octanol–water partition coefficient (Wildman–Crippen LogP) is 1.98. The second kappa shape index (κ2) is 7.78. The Morgan fingerprint density at radius 3 is 3.15 bits per heavy atom. The van der Waals surface area contributed by atoms with Crippen molar-refractivity contribution in [1.29, 1.82) is 0 Å². The molecular formula is C20H27N3O3. The van der Waals surface area contributed by atoms with Gasteiger partial charge in [0.05, 0.1) is 19.8 Å². The molecule has 2 aromatic rings. The summed E-state index contributed by atoms with van der Waals surface area (Å²) in [6.45, 7) is 5.60. The van der Waals surface area contributed by atoms with Crippen LogP contribution in [0.5, 0.6) is 0 Å². The minimum Gasteiger partial charge on any atom is -0.383 e. The molecule has 0 unspecified atom stereocenters. The third kappa shape index (κ3) is 3.37. The van der Waals surface area contributed by atoms with Gasteiger partial charge in [-0.25, -0.2) is 0 Å². The van der Waals surface area contributed by atoms with E-state index in [4.69, 9.17) is 9.47 Å². The Hall–Kier alpha value is -1.89. The Balaban J connectivity index is 1.54. The van der Waals surface area contributed by atoms with Crippen molar-refractivity contribution in [3.05, 3.63) is 36.0 Å². The van der Waals surface area contributed by atoms with Gasteiger partial charge in [-0.1, -0.05) is 6.07 Å². The van der Waals surface area contributed by atoms with Gasteiger partial charge in [0.1, 0.15) is 0 Å². The van der Waals surface area contributed by atoms with E-state index in [9.17, 15) is 4.79 Å². The van der Waals surface area contributed by atoms with Crippen LogP contribution in [-0.4, -0.2) is 79.8 Å². The fourth-order valence-corrected chi connectivity index (χ4v) is 4.28. The fourth-order valence-electron chi connectivity index (χ4n) is 4.28. The highest BCUT2D eigenvalue weighted by molar-refractivity contribution is 6.06. The van der Waals surface area contributed by atoms with Crippen molar-refractivity contribution in [2.75, 3.05) is 53.1 Å². The molecule has 0 saturated carbocycles. The number of methoxy groups -OCH3 is 1. The molecule has 2 saturated heterocycles. The summed E-state index contributed by atoms with van der Waals surface area (Å²) < 4.78 is 11.1. The SMILES string of the molecule is COCCN1CCOC[C@H]2CCN(C(=O)c3cccc4[nH]ccc34)C[C@H]21. The van der Waals surface area contributed by atoms with Crippen molar-refractivity contribution >= 4 is 16.8 Å². The zero-order valence-electron chi connectivity index (χ0n) is 15.3. The van der Waals surface area contributed by atoms with Gasteiger partial charge >= 0.3 is 0 Å². The minimum atomic E-state index is 0.130. The third-order valence-corrected chi connectivity index (χ3v) is 5.74. The van der Waals surface area contributed by atoms with Gasteiger partial charge in [0, 0.05) is 67.9 Å². The van der Waals surface area contributed by atoms with Crippen molar-refractivity contribution in [1.82, 2.24) is 14.8 Å². The summed E-state index contributed by atoms with van der Waals surface area (Å²) in [6, 6.07) is 8.22. The number of piperidine rings is 1. The van der Waals surface area contributed by atoms with Crippen molar-refractivity contribution in [3.63, 3.8) is 0 Å². The summed E-state index contributed by atoms with van der Waals surface area (Å²) in [4.78, 5) is 20.9. The van der Waals surface area contributed by atoms with Gasteiger partial charge in [0.25, 0.3) is 5.91 Å². The monoisotopic (exact) mass is 357 g/mol. The number of benzene rings is 1. The summed E-state index contributed by atoms with van der Waals surface area (Å²) in [5, 5.41) is 1.00. The predicted molar refractivity (Wildman–Crippen MR) is 100 cm³/mol. The van der Waals surface area contributed by atoms with Crippen LogP contribution < -0.4 is 0 Å². The zero-order chi connectivity index (χ0) is 17.9. The van der Waals surface area contributed by atoms with Gasteiger partial charge < -0.3 is 19.4 Å². The van der Waals surface area contributed by atoms with Crippen LogP contribution >= 0.6 is 0 Å². The van der Waals surface area contributed by atoms with Crippen LogP contribution in [0.1, 0.15) is 16.8 Å². The van der Waals surface area contributed by atoms with E-state index in [1.54, 1.807) is 7.11 Å². The molecule has 1 aromatic heterocycles. The highest BCUT2D eigenvalue weighted by Crippen LogP contribution is 2.27. The van der Waals surface area contributed by atoms with E-state index in [1.165, 1.54) is 0 Å². The molecule has 1 aromatic carbocycles. The van der Waals surface area contributed by atoms with Crippen molar-refractivity contribution in [2.24, 2.45) is 5.92 Å². The van der Waals surface area contributed by atoms with Crippen LogP contribution in [0.2, 0.25) is 0 Å². The molecule has 0 radical (unpaired) electrons. The lowest BCUT2D eigenvalue weighted by Crippen LogP contribution is -2.55. The number of nitrogens with one attached hydrogen (secondary N) is 1. The molecule has 0 spiro atoms. The largest absolute Gasteiger partial charge is 0.383 e. The molecule has 1 amide bonds. The van der Waals surface area contributed by atoms with Crippen LogP contribution in [0.25, 0.3) is 10.9 Å². The van der Waals surface area contributed by atoms with Gasteiger partial charge in [-0.3, -0.25) is 9.69 Å². The number of hydrogen-bond acceptors (Lipinski definition) is 4. The first-order valence-electron chi connectivity index (χ1n) is 9.44. The Labute approximate surface area is 154 Å². The molecule has 0 aliphatic carbocycles. The number of amides is 1. The summed E-state index contributed by atoms with van der Waals surface area (Å²) in [6.07, 6.45) is 2.88. The fraction of sp³-hybridized carbons (Fsp3) is 0.550. The molecule has 140 valence electrons. The van der Waals surface area contributed by atoms with Gasteiger partial charge in [-0.2, -0.15) is 0 Å². The van der Waals surface area contributed by atoms with E-state index in [-0.39, 0.29) is 5.91 Å². The molecular weight excluding hydrogens is 330 g/mol. The first-order chi connectivity index (χ1) is 12.8. The maximum Gasteiger partial charge on any atom is 0.254 e. The lowest BCUT2D eigenvalue weighted by molar-refractivity contribution is 0.0329. The van der Waals surface area contributed by atoms with Crippen LogP contribution in [0.3, 0.4) is 0 Å². The molecule has 6 heteroatoms. The summed E-state index contributed by atoms with van der Waals surface area (Å²) in [5.74, 6) is 0.618. The Bertz CT molecular complexity index is 760. The van der Waals surface area contributed by atoms with Gasteiger partial charge in [0.15, 0.2) is 0 Å². The number of ether oxygens (including phenoxy) is 2. The number of hydrogen-bond donors (Lipinski definition) is 1. The average molecular weight is 357 g/mol. The second-order valence-electron chi connectivity index (χ2n) is 7.22. The van der Waals surface area contributed by atoms with E-state index in [0.717, 1.165) is 62.3 Å². The van der Waals surface area contributed by atoms with Crippen LogP contribution in [-0.2, 0) is 9.47 Å². The number of nitrogens with zero attached hydrogens (tertiary/aromatic N) is 2. The van der Waals surface area contributed by atoms with Crippen molar-refractivity contribution in [2.45, 2.75) is 12.5 Å². The average Bonchev–Trinajstić information content (AvgIpc) is 3.07. The smallest absolute Gasteiger partial charge is 0.254 e. The molecule has 2 atom stereocenters. The molecule has 2 aliphatic heterocycles. The maximum atomic E-state index is 13.2. The first kappa shape index (κ1) is 17.5. The Morgan fingerprint density at radius 1 is 1.35 bits per heavy atom. The number of likely N-dealkylation sites (tertiary alicyclic amines) is 1. The lowest BCUT2D eigenvalue weighted by Gasteiger charge is -2.42. The topological polar surface area (TPSA) is 57.8 Å². The molecule has 2 fully saturated rings. The molecule has 3 heterocycles. The van der Waals surface area contributed by atoms with Crippen molar-refractivity contribution in [3.8, 4) is 0 Å². The van der Waals surface area contributed by atoms with Crippen LogP contribution in [0.15, 0.2) is 30.5 Å². The standard InChI is InChI=1S/C20H27N3O3/c1-25-11-9-22-10-12-26-14-15-6-8-23(13-19(15)22)20(24)17-3-2-4-18-16(17)5-7-21-18/h2-5,7,15,19,21H,6,8-14H2,1H3/t15-,19-/m1/s1. The number of carbonyl (C=O) groups excluding carboxylic acids is 1. The quantitative estimate of drug-likeness (QED) is 0.909. The van der Waals surface area contributed by atoms with E-state index in [0.29, 0.717) is 18.6 Å². The van der Waals surface area contributed by atoms with E-state index < -0.39 is 0 Å². The minimum absolute atomic E-state index is 0.130. The highest BCUT2D eigenvalue weighted by Gasteiger charge is 2.37. The molecule has 0 bridgehead atoms. The number of H-pyrrole nitrogens is 1. The number of aromatic amines is 1. The zero-order valence-corrected chi connectivity index (χ0v) is 15.3.